The molecule has 5 nitrogen and oxygen atoms in total. The molecule has 0 bridgehead atoms. The van der Waals surface area contributed by atoms with E-state index in [9.17, 15) is 0 Å². The fourth-order valence-corrected chi connectivity index (χ4v) is 3.59. The van der Waals surface area contributed by atoms with Crippen LogP contribution in [0.1, 0.15) is 45.6 Å². The van der Waals surface area contributed by atoms with Crippen LogP contribution in [0.2, 0.25) is 0 Å². The van der Waals surface area contributed by atoms with Crippen LogP contribution in [0.5, 0.6) is 0 Å². The fraction of sp³-hybridized carbons (Fsp3) is 0.615. The van der Waals surface area contributed by atoms with Crippen LogP contribution in [0, 0.1) is 9.12 Å². The molecular formula is C13H18IN5. The van der Waals surface area contributed by atoms with Crippen LogP contribution in [-0.2, 0) is 0 Å². The highest BCUT2D eigenvalue weighted by atomic mass is 127. The molecule has 3 rings (SSSR count). The Morgan fingerprint density at radius 1 is 1.32 bits per heavy atom. The molecule has 2 N–H and O–H groups in total. The Morgan fingerprint density at radius 2 is 2.00 bits per heavy atom. The first-order valence-corrected chi connectivity index (χ1v) is 7.70. The highest BCUT2D eigenvalue weighted by Crippen LogP contribution is 2.41. The molecule has 0 radical (unpaired) electrons. The predicted octanol–water partition coefficient (Wildman–Crippen LogP) is 3.15. The number of halogens is 1. The first kappa shape index (κ1) is 13.1. The maximum atomic E-state index is 5.93. The summed E-state index contributed by atoms with van der Waals surface area (Å²) in [4.78, 5) is 8.44. The third-order valence-corrected chi connectivity index (χ3v) is 4.89. The number of nitrogens with two attached hydrogens (primary N) is 1. The van der Waals surface area contributed by atoms with Crippen molar-refractivity contribution in [3.63, 3.8) is 0 Å². The van der Waals surface area contributed by atoms with E-state index in [0.29, 0.717) is 17.3 Å². The quantitative estimate of drug-likeness (QED) is 0.782. The van der Waals surface area contributed by atoms with Gasteiger partial charge in [0.15, 0.2) is 5.65 Å². The van der Waals surface area contributed by atoms with Gasteiger partial charge in [-0.1, -0.05) is 13.8 Å². The topological polar surface area (TPSA) is 69.6 Å². The van der Waals surface area contributed by atoms with E-state index in [1.54, 1.807) is 0 Å². The van der Waals surface area contributed by atoms with Gasteiger partial charge in [-0.15, -0.1) is 0 Å². The molecule has 0 atom stereocenters. The van der Waals surface area contributed by atoms with Crippen LogP contribution in [0.3, 0.4) is 0 Å². The van der Waals surface area contributed by atoms with Gasteiger partial charge in [0.25, 0.3) is 0 Å². The second-order valence-electron chi connectivity index (χ2n) is 6.09. The van der Waals surface area contributed by atoms with E-state index in [0.717, 1.165) is 27.6 Å². The summed E-state index contributed by atoms with van der Waals surface area (Å²) in [5.74, 6) is 0.525. The third-order valence-electron chi connectivity index (χ3n) is 4.13. The minimum absolute atomic E-state index is 0.438. The van der Waals surface area contributed by atoms with Gasteiger partial charge in [0.1, 0.15) is 15.8 Å². The summed E-state index contributed by atoms with van der Waals surface area (Å²) in [5.41, 5.74) is 7.27. The van der Waals surface area contributed by atoms with Gasteiger partial charge < -0.3 is 5.73 Å². The number of rotatable bonds is 1. The van der Waals surface area contributed by atoms with E-state index < -0.39 is 0 Å². The van der Waals surface area contributed by atoms with Gasteiger partial charge in [0.05, 0.1) is 11.4 Å². The zero-order valence-corrected chi connectivity index (χ0v) is 13.4. The van der Waals surface area contributed by atoms with Crippen LogP contribution in [0.4, 0.5) is 5.82 Å². The van der Waals surface area contributed by atoms with Crippen molar-refractivity contribution in [2.45, 2.75) is 45.6 Å². The Bertz CT molecular complexity index is 609. The normalized spacial score (nSPS) is 19.9. The van der Waals surface area contributed by atoms with Crippen molar-refractivity contribution in [3.05, 3.63) is 10.0 Å². The summed E-state index contributed by atoms with van der Waals surface area (Å²) in [6, 6.07) is 0.438. The Hall–Kier alpha value is -0.920. The highest BCUT2D eigenvalue weighted by molar-refractivity contribution is 14.1. The van der Waals surface area contributed by atoms with E-state index >= 15 is 0 Å². The lowest BCUT2D eigenvalue weighted by Gasteiger charge is -2.34. The third kappa shape index (κ3) is 2.30. The predicted molar refractivity (Wildman–Crippen MR) is 83.7 cm³/mol. The number of hydrogen-bond acceptors (Lipinski definition) is 4. The molecule has 0 aromatic carbocycles. The molecule has 0 spiro atoms. The number of fused-ring (bicyclic) bond motifs is 1. The van der Waals surface area contributed by atoms with E-state index in [1.807, 2.05) is 0 Å². The molecule has 1 fully saturated rings. The molecule has 6 heteroatoms. The average molecular weight is 371 g/mol. The lowest BCUT2D eigenvalue weighted by molar-refractivity contribution is 0.188. The number of hydrogen-bond donors (Lipinski definition) is 1. The van der Waals surface area contributed by atoms with Crippen LogP contribution < -0.4 is 5.73 Å². The van der Waals surface area contributed by atoms with E-state index in [-0.39, 0.29) is 0 Å². The van der Waals surface area contributed by atoms with Gasteiger partial charge in [-0.05, 0) is 53.7 Å². The standard InChI is InChI=1S/C13H18IN5/c1-13(2)5-3-8(4-6-13)19-12-9(10(14)18-19)11(15)16-7-17-12/h7-8H,3-6H2,1-2H3,(H2,15,16,17). The molecule has 1 saturated carbocycles. The fourth-order valence-electron chi connectivity index (χ4n) is 2.84. The van der Waals surface area contributed by atoms with E-state index in [2.05, 4.69) is 56.2 Å². The highest BCUT2D eigenvalue weighted by Gasteiger charge is 2.29. The lowest BCUT2D eigenvalue weighted by atomic mass is 9.75. The summed E-state index contributed by atoms with van der Waals surface area (Å²) in [6.07, 6.45) is 6.30. The molecule has 0 saturated heterocycles. The van der Waals surface area contributed by atoms with Crippen LogP contribution in [0.15, 0.2) is 6.33 Å². The van der Waals surface area contributed by atoms with Crippen molar-refractivity contribution in [1.29, 1.82) is 0 Å². The van der Waals surface area contributed by atoms with Crippen molar-refractivity contribution in [2.75, 3.05) is 5.73 Å². The van der Waals surface area contributed by atoms with Crippen molar-refractivity contribution in [2.24, 2.45) is 5.41 Å². The van der Waals surface area contributed by atoms with E-state index in [1.165, 1.54) is 19.2 Å². The molecule has 1 aliphatic rings. The first-order valence-electron chi connectivity index (χ1n) is 6.62. The molecular weight excluding hydrogens is 353 g/mol. The maximum Gasteiger partial charge on any atom is 0.164 e. The van der Waals surface area contributed by atoms with Crippen LogP contribution in [-0.4, -0.2) is 19.7 Å². The molecule has 0 amide bonds. The molecule has 0 aliphatic heterocycles. The Balaban J connectivity index is 2.00. The molecule has 19 heavy (non-hydrogen) atoms. The minimum Gasteiger partial charge on any atom is -0.383 e. The number of nitrogen functional groups attached to an aromatic ring is 1. The maximum absolute atomic E-state index is 5.93. The second kappa shape index (κ2) is 4.57. The van der Waals surface area contributed by atoms with Gasteiger partial charge in [-0.3, -0.25) is 0 Å². The summed E-state index contributed by atoms with van der Waals surface area (Å²) in [7, 11) is 0. The summed E-state index contributed by atoms with van der Waals surface area (Å²) in [6.45, 7) is 4.68. The van der Waals surface area contributed by atoms with Gasteiger partial charge in [-0.25, -0.2) is 14.6 Å². The van der Waals surface area contributed by atoms with Crippen molar-refractivity contribution in [1.82, 2.24) is 19.7 Å². The average Bonchev–Trinajstić information content (AvgIpc) is 2.68. The molecule has 1 aliphatic carbocycles. The van der Waals surface area contributed by atoms with Crippen LogP contribution >= 0.6 is 22.6 Å². The van der Waals surface area contributed by atoms with Crippen molar-refractivity contribution in [3.8, 4) is 0 Å². The Kier molecular flexibility index (Phi) is 3.15. The minimum atomic E-state index is 0.438. The molecule has 102 valence electrons. The van der Waals surface area contributed by atoms with Crippen LogP contribution in [0.25, 0.3) is 11.0 Å². The monoisotopic (exact) mass is 371 g/mol. The Morgan fingerprint density at radius 3 is 2.68 bits per heavy atom. The van der Waals surface area contributed by atoms with Crippen molar-refractivity contribution < 1.29 is 0 Å². The summed E-state index contributed by atoms with van der Waals surface area (Å²) < 4.78 is 2.96. The van der Waals surface area contributed by atoms with Gasteiger partial charge in [0.2, 0.25) is 0 Å². The first-order chi connectivity index (χ1) is 8.98. The van der Waals surface area contributed by atoms with E-state index in [4.69, 9.17) is 5.73 Å². The zero-order chi connectivity index (χ0) is 13.6. The lowest BCUT2D eigenvalue weighted by Crippen LogP contribution is -2.24. The molecule has 2 heterocycles. The number of nitrogens with zero attached hydrogens (tertiary/aromatic N) is 4. The van der Waals surface area contributed by atoms with Gasteiger partial charge in [-0.2, -0.15) is 5.10 Å². The smallest absolute Gasteiger partial charge is 0.164 e. The van der Waals surface area contributed by atoms with Crippen molar-refractivity contribution >= 4 is 39.4 Å². The van der Waals surface area contributed by atoms with Gasteiger partial charge >= 0.3 is 0 Å². The number of anilines is 1. The summed E-state index contributed by atoms with van der Waals surface area (Å²) >= 11 is 2.22. The number of aromatic nitrogens is 4. The van der Waals surface area contributed by atoms with Gasteiger partial charge in [0, 0.05) is 0 Å². The Labute approximate surface area is 126 Å². The zero-order valence-electron chi connectivity index (χ0n) is 11.2. The largest absolute Gasteiger partial charge is 0.383 e. The second-order valence-corrected chi connectivity index (χ2v) is 7.11. The SMILES string of the molecule is CC1(C)CCC(n2nc(I)c3c(N)ncnc32)CC1. The molecule has 0 unspecified atom stereocenters. The molecule has 2 aromatic rings. The molecule has 2 aromatic heterocycles. The summed E-state index contributed by atoms with van der Waals surface area (Å²) in [5, 5.41) is 5.54.